The average Bonchev–Trinajstić information content (AvgIpc) is 2.60. The molecule has 27 heavy (non-hydrogen) atoms. The number of esters is 1. The molecule has 140 valence electrons. The number of pyridine rings is 2. The first kappa shape index (κ1) is 19.3. The van der Waals surface area contributed by atoms with Gasteiger partial charge in [0.05, 0.1) is 21.0 Å². The minimum absolute atomic E-state index is 0.0282. The van der Waals surface area contributed by atoms with E-state index in [9.17, 15) is 9.59 Å². The van der Waals surface area contributed by atoms with Gasteiger partial charge in [-0.3, -0.25) is 19.1 Å². The van der Waals surface area contributed by atoms with Crippen molar-refractivity contribution in [2.24, 2.45) is 12.5 Å². The third-order valence-corrected chi connectivity index (χ3v) is 4.44. The van der Waals surface area contributed by atoms with Crippen LogP contribution in [0.4, 0.5) is 0 Å². The van der Waals surface area contributed by atoms with Crippen LogP contribution in [0, 0.1) is 5.41 Å². The molecule has 0 radical (unpaired) electrons. The lowest BCUT2D eigenvalue weighted by molar-refractivity contribution is -0.142. The number of rotatable bonds is 2. The van der Waals surface area contributed by atoms with E-state index >= 15 is 0 Å². The molecule has 0 N–H and O–H groups in total. The molecule has 3 aromatic heterocycles. The van der Waals surface area contributed by atoms with Gasteiger partial charge in [-0.1, -0.05) is 23.2 Å². The molecule has 0 saturated heterocycles. The minimum Gasteiger partial charge on any atom is -0.423 e. The van der Waals surface area contributed by atoms with Gasteiger partial charge in [-0.25, -0.2) is 9.97 Å². The van der Waals surface area contributed by atoms with Crippen LogP contribution in [0.25, 0.3) is 22.3 Å². The summed E-state index contributed by atoms with van der Waals surface area (Å²) < 4.78 is 6.94. The van der Waals surface area contributed by atoms with E-state index < -0.39 is 16.9 Å². The maximum atomic E-state index is 13.1. The van der Waals surface area contributed by atoms with Crippen LogP contribution in [0.3, 0.4) is 0 Å². The molecule has 0 atom stereocenters. The fraction of sp³-hybridized carbons (Fsp3) is 0.278. The highest BCUT2D eigenvalue weighted by Crippen LogP contribution is 2.40. The zero-order valence-corrected chi connectivity index (χ0v) is 16.6. The quantitative estimate of drug-likeness (QED) is 0.603. The van der Waals surface area contributed by atoms with Gasteiger partial charge in [0.25, 0.3) is 5.56 Å². The summed E-state index contributed by atoms with van der Waals surface area (Å²) >= 11 is 12.5. The Bertz CT molecular complexity index is 1100. The van der Waals surface area contributed by atoms with E-state index in [4.69, 9.17) is 27.9 Å². The zero-order valence-electron chi connectivity index (χ0n) is 15.1. The van der Waals surface area contributed by atoms with Crippen molar-refractivity contribution < 1.29 is 9.53 Å². The van der Waals surface area contributed by atoms with E-state index in [1.165, 1.54) is 29.4 Å². The largest absolute Gasteiger partial charge is 0.423 e. The van der Waals surface area contributed by atoms with Crippen molar-refractivity contribution in [1.82, 2.24) is 19.5 Å². The van der Waals surface area contributed by atoms with Crippen LogP contribution >= 0.6 is 23.2 Å². The Morgan fingerprint density at radius 1 is 1.07 bits per heavy atom. The number of hydrogen-bond donors (Lipinski definition) is 0. The van der Waals surface area contributed by atoms with Crippen molar-refractivity contribution in [3.05, 3.63) is 45.2 Å². The van der Waals surface area contributed by atoms with Crippen molar-refractivity contribution in [3.63, 3.8) is 0 Å². The first-order chi connectivity index (χ1) is 12.6. The lowest BCUT2D eigenvalue weighted by Crippen LogP contribution is -2.28. The van der Waals surface area contributed by atoms with Crippen LogP contribution in [0.2, 0.25) is 10.0 Å². The van der Waals surface area contributed by atoms with Crippen LogP contribution in [0.15, 0.2) is 29.6 Å². The predicted octanol–water partition coefficient (Wildman–Crippen LogP) is 3.65. The summed E-state index contributed by atoms with van der Waals surface area (Å²) in [6, 6.07) is 0. The number of ether oxygens (including phenoxy) is 1. The Balaban J connectivity index is 2.46. The molecule has 3 aromatic rings. The van der Waals surface area contributed by atoms with Gasteiger partial charge in [-0.15, -0.1) is 0 Å². The average molecular weight is 407 g/mol. The van der Waals surface area contributed by atoms with Crippen molar-refractivity contribution >= 4 is 40.3 Å². The van der Waals surface area contributed by atoms with Gasteiger partial charge in [0, 0.05) is 37.4 Å². The fourth-order valence-corrected chi connectivity index (χ4v) is 2.99. The van der Waals surface area contributed by atoms with Gasteiger partial charge in [0.15, 0.2) is 11.4 Å². The number of aromatic nitrogens is 4. The molecule has 0 unspecified atom stereocenters. The molecule has 0 bridgehead atoms. The molecular formula is C18H16Cl2N4O3. The number of aryl methyl sites for hydroxylation is 1. The summed E-state index contributed by atoms with van der Waals surface area (Å²) in [5.41, 5.74) is -0.521. The van der Waals surface area contributed by atoms with E-state index in [-0.39, 0.29) is 38.1 Å². The molecule has 0 aliphatic carbocycles. The zero-order chi connectivity index (χ0) is 19.9. The normalized spacial score (nSPS) is 11.6. The van der Waals surface area contributed by atoms with Crippen LogP contribution in [-0.2, 0) is 11.8 Å². The first-order valence-electron chi connectivity index (χ1n) is 7.98. The van der Waals surface area contributed by atoms with Gasteiger partial charge in [-0.2, -0.15) is 0 Å². The van der Waals surface area contributed by atoms with E-state index in [0.717, 1.165) is 0 Å². The van der Waals surface area contributed by atoms with Gasteiger partial charge >= 0.3 is 5.97 Å². The number of halogens is 2. The Labute approximate surface area is 164 Å². The summed E-state index contributed by atoms with van der Waals surface area (Å²) in [6.07, 6.45) is 5.61. The van der Waals surface area contributed by atoms with Crippen LogP contribution < -0.4 is 10.3 Å². The minimum atomic E-state index is -0.807. The number of fused-ring (bicyclic) bond motifs is 1. The number of carbonyl (C=O) groups is 1. The number of nitrogens with zero attached hydrogens (tertiary/aromatic N) is 4. The van der Waals surface area contributed by atoms with E-state index in [1.807, 2.05) is 0 Å². The highest BCUT2D eigenvalue weighted by molar-refractivity contribution is 6.39. The molecular weight excluding hydrogens is 391 g/mol. The monoisotopic (exact) mass is 406 g/mol. The summed E-state index contributed by atoms with van der Waals surface area (Å²) in [5, 5.41) is 0.298. The topological polar surface area (TPSA) is 87.0 Å². The molecule has 0 saturated carbocycles. The van der Waals surface area contributed by atoms with E-state index in [0.29, 0.717) is 0 Å². The maximum Gasteiger partial charge on any atom is 0.316 e. The Morgan fingerprint density at radius 2 is 1.67 bits per heavy atom. The lowest BCUT2D eigenvalue weighted by atomic mass is 9.97. The molecule has 0 aliphatic heterocycles. The summed E-state index contributed by atoms with van der Waals surface area (Å²) in [5.74, 6) is -0.568. The lowest BCUT2D eigenvalue weighted by Gasteiger charge is -2.20. The highest BCUT2D eigenvalue weighted by atomic mass is 35.5. The van der Waals surface area contributed by atoms with Gasteiger partial charge < -0.3 is 4.74 Å². The second kappa shape index (κ2) is 6.90. The predicted molar refractivity (Wildman–Crippen MR) is 103 cm³/mol. The molecule has 9 heteroatoms. The summed E-state index contributed by atoms with van der Waals surface area (Å²) in [4.78, 5) is 38.0. The summed E-state index contributed by atoms with van der Waals surface area (Å²) in [6.45, 7) is 5.11. The Morgan fingerprint density at radius 3 is 2.26 bits per heavy atom. The van der Waals surface area contributed by atoms with Crippen LogP contribution in [-0.4, -0.2) is 25.5 Å². The molecule has 3 rings (SSSR count). The smallest absolute Gasteiger partial charge is 0.316 e. The van der Waals surface area contributed by atoms with Gasteiger partial charge in [0.1, 0.15) is 5.52 Å². The van der Waals surface area contributed by atoms with Gasteiger partial charge in [-0.05, 0) is 20.8 Å². The number of hydrogen-bond acceptors (Lipinski definition) is 6. The molecule has 0 spiro atoms. The maximum absolute atomic E-state index is 13.1. The second-order valence-electron chi connectivity index (χ2n) is 6.91. The second-order valence-corrected chi connectivity index (χ2v) is 7.73. The molecule has 7 nitrogen and oxygen atoms in total. The first-order valence-corrected chi connectivity index (χ1v) is 8.74. The van der Waals surface area contributed by atoms with Crippen molar-refractivity contribution in [2.45, 2.75) is 20.8 Å². The SMILES string of the molecule is Cn1c(=O)c(-c2c(Cl)cncc2Cl)c(OC(=O)C(C)(C)C)c2nccnc21. The molecule has 0 aromatic carbocycles. The van der Waals surface area contributed by atoms with Crippen molar-refractivity contribution in [2.75, 3.05) is 0 Å². The Kier molecular flexibility index (Phi) is 4.92. The highest BCUT2D eigenvalue weighted by Gasteiger charge is 2.30. The Hall–Kier alpha value is -2.51. The van der Waals surface area contributed by atoms with Crippen molar-refractivity contribution in [1.29, 1.82) is 0 Å². The fourth-order valence-electron chi connectivity index (χ4n) is 2.43. The van der Waals surface area contributed by atoms with Crippen LogP contribution in [0.5, 0.6) is 5.75 Å². The summed E-state index contributed by atoms with van der Waals surface area (Å²) in [7, 11) is 1.54. The van der Waals surface area contributed by atoms with E-state index in [1.54, 1.807) is 27.8 Å². The van der Waals surface area contributed by atoms with Gasteiger partial charge in [0.2, 0.25) is 0 Å². The third kappa shape index (κ3) is 3.40. The third-order valence-electron chi connectivity index (χ3n) is 3.87. The molecule has 0 fully saturated rings. The van der Waals surface area contributed by atoms with E-state index in [2.05, 4.69) is 15.0 Å². The molecule has 0 aliphatic rings. The van der Waals surface area contributed by atoms with Crippen molar-refractivity contribution in [3.8, 4) is 16.9 Å². The number of carbonyl (C=O) groups excluding carboxylic acids is 1. The standard InChI is InChI=1S/C18H16Cl2N4O3/c1-18(2,3)17(26)27-14-12(11-9(19)7-21-8-10(11)20)16(25)24(4)15-13(14)22-5-6-23-15/h5-8H,1-4H3. The molecule has 0 amide bonds. The van der Waals surface area contributed by atoms with Crippen LogP contribution in [0.1, 0.15) is 20.8 Å². The molecule has 3 heterocycles.